The molecule has 0 radical (unpaired) electrons. The highest BCUT2D eigenvalue weighted by Gasteiger charge is 2.20. The quantitative estimate of drug-likeness (QED) is 0.351. The standard InChI is InChI=1S/C20H18N2O5/c23-19(21-11-10-16-5-1-2-6-17(16)13-21)14-27-20(24)9-8-15-4-3-7-18(12-15)22(25)26/h1-9,12H,10-11,13-14H2. The number of ether oxygens (including phenoxy) is 1. The number of benzene rings is 2. The highest BCUT2D eigenvalue weighted by molar-refractivity contribution is 5.89. The molecule has 0 aliphatic carbocycles. The lowest BCUT2D eigenvalue weighted by Crippen LogP contribution is -2.38. The topological polar surface area (TPSA) is 89.7 Å². The Labute approximate surface area is 156 Å². The summed E-state index contributed by atoms with van der Waals surface area (Å²) in [5, 5.41) is 10.7. The first-order valence-electron chi connectivity index (χ1n) is 8.47. The number of carbonyl (C=O) groups is 2. The van der Waals surface area contributed by atoms with Gasteiger partial charge in [0, 0.05) is 31.3 Å². The fraction of sp³-hybridized carbons (Fsp3) is 0.200. The van der Waals surface area contributed by atoms with E-state index in [2.05, 4.69) is 6.07 Å². The summed E-state index contributed by atoms with van der Waals surface area (Å²) in [6.45, 7) is 0.771. The summed E-state index contributed by atoms with van der Waals surface area (Å²) in [7, 11) is 0. The molecule has 0 spiro atoms. The molecule has 1 aliphatic rings. The molecule has 3 rings (SSSR count). The second-order valence-electron chi connectivity index (χ2n) is 6.13. The third-order valence-electron chi connectivity index (χ3n) is 4.31. The van der Waals surface area contributed by atoms with Gasteiger partial charge in [0.1, 0.15) is 0 Å². The van der Waals surface area contributed by atoms with Crippen LogP contribution in [0.15, 0.2) is 54.6 Å². The lowest BCUT2D eigenvalue weighted by molar-refractivity contribution is -0.384. The van der Waals surface area contributed by atoms with E-state index in [4.69, 9.17) is 4.74 Å². The predicted molar refractivity (Wildman–Crippen MR) is 98.7 cm³/mol. The van der Waals surface area contributed by atoms with E-state index in [1.807, 2.05) is 18.2 Å². The molecule has 2 aromatic rings. The monoisotopic (exact) mass is 366 g/mol. The number of nitro groups is 1. The van der Waals surface area contributed by atoms with Crippen molar-refractivity contribution in [3.8, 4) is 0 Å². The largest absolute Gasteiger partial charge is 0.452 e. The zero-order chi connectivity index (χ0) is 19.2. The van der Waals surface area contributed by atoms with Gasteiger partial charge in [-0.15, -0.1) is 0 Å². The highest BCUT2D eigenvalue weighted by Crippen LogP contribution is 2.18. The third-order valence-corrected chi connectivity index (χ3v) is 4.31. The Morgan fingerprint density at radius 3 is 2.70 bits per heavy atom. The molecule has 27 heavy (non-hydrogen) atoms. The van der Waals surface area contributed by atoms with Crippen molar-refractivity contribution in [3.05, 3.63) is 81.4 Å². The lowest BCUT2D eigenvalue weighted by Gasteiger charge is -2.28. The van der Waals surface area contributed by atoms with Gasteiger partial charge in [0.2, 0.25) is 0 Å². The fourth-order valence-electron chi connectivity index (χ4n) is 2.89. The number of nitro benzene ring substituents is 1. The number of non-ortho nitro benzene ring substituents is 1. The molecule has 0 saturated carbocycles. The number of rotatable bonds is 5. The fourth-order valence-corrected chi connectivity index (χ4v) is 2.89. The van der Waals surface area contributed by atoms with Crippen molar-refractivity contribution in [2.24, 2.45) is 0 Å². The summed E-state index contributed by atoms with van der Waals surface area (Å²) in [5.41, 5.74) is 2.78. The van der Waals surface area contributed by atoms with Crippen molar-refractivity contribution >= 4 is 23.6 Å². The van der Waals surface area contributed by atoms with Gasteiger partial charge in [-0.25, -0.2) is 4.79 Å². The van der Waals surface area contributed by atoms with Gasteiger partial charge in [-0.3, -0.25) is 14.9 Å². The second-order valence-corrected chi connectivity index (χ2v) is 6.13. The Bertz CT molecular complexity index is 907. The van der Waals surface area contributed by atoms with Crippen LogP contribution in [-0.4, -0.2) is 34.9 Å². The van der Waals surface area contributed by atoms with Crippen molar-refractivity contribution in [2.75, 3.05) is 13.2 Å². The zero-order valence-corrected chi connectivity index (χ0v) is 14.5. The first-order valence-corrected chi connectivity index (χ1v) is 8.47. The van der Waals surface area contributed by atoms with Crippen LogP contribution in [-0.2, 0) is 27.3 Å². The van der Waals surface area contributed by atoms with Crippen molar-refractivity contribution in [2.45, 2.75) is 13.0 Å². The Hall–Kier alpha value is -3.48. The molecule has 0 saturated heterocycles. The number of nitrogens with zero attached hydrogens (tertiary/aromatic N) is 2. The molecule has 7 nitrogen and oxygen atoms in total. The molecular weight excluding hydrogens is 348 g/mol. The summed E-state index contributed by atoms with van der Waals surface area (Å²) in [6.07, 6.45) is 3.34. The van der Waals surface area contributed by atoms with E-state index in [1.165, 1.54) is 29.8 Å². The van der Waals surface area contributed by atoms with Gasteiger partial charge in [-0.1, -0.05) is 36.4 Å². The van der Waals surface area contributed by atoms with Crippen molar-refractivity contribution in [1.29, 1.82) is 0 Å². The molecule has 0 fully saturated rings. The van der Waals surface area contributed by atoms with Gasteiger partial charge in [0.15, 0.2) is 6.61 Å². The van der Waals surface area contributed by atoms with Crippen LogP contribution in [0.1, 0.15) is 16.7 Å². The van der Waals surface area contributed by atoms with Crippen LogP contribution in [0, 0.1) is 10.1 Å². The van der Waals surface area contributed by atoms with Crippen LogP contribution in [0.2, 0.25) is 0 Å². The summed E-state index contributed by atoms with van der Waals surface area (Å²) >= 11 is 0. The van der Waals surface area contributed by atoms with E-state index in [-0.39, 0.29) is 18.2 Å². The Balaban J connectivity index is 1.51. The molecule has 2 aromatic carbocycles. The van der Waals surface area contributed by atoms with E-state index in [0.29, 0.717) is 18.7 Å². The Morgan fingerprint density at radius 1 is 1.15 bits per heavy atom. The Morgan fingerprint density at radius 2 is 1.93 bits per heavy atom. The maximum atomic E-state index is 12.3. The summed E-state index contributed by atoms with van der Waals surface area (Å²) < 4.78 is 4.99. The number of amides is 1. The minimum Gasteiger partial charge on any atom is -0.452 e. The first kappa shape index (κ1) is 18.3. The van der Waals surface area contributed by atoms with Crippen LogP contribution >= 0.6 is 0 Å². The van der Waals surface area contributed by atoms with E-state index >= 15 is 0 Å². The third kappa shape index (κ3) is 4.78. The molecule has 0 atom stereocenters. The average molecular weight is 366 g/mol. The minimum atomic E-state index is -0.674. The van der Waals surface area contributed by atoms with E-state index in [1.54, 1.807) is 11.0 Å². The summed E-state index contributed by atoms with van der Waals surface area (Å²) in [6, 6.07) is 13.8. The summed E-state index contributed by atoms with van der Waals surface area (Å²) in [5.74, 6) is -0.922. The van der Waals surface area contributed by atoms with E-state index < -0.39 is 10.9 Å². The highest BCUT2D eigenvalue weighted by atomic mass is 16.6. The number of carbonyl (C=O) groups excluding carboxylic acids is 2. The van der Waals surface area contributed by atoms with E-state index in [0.717, 1.165) is 18.1 Å². The molecule has 1 aliphatic heterocycles. The van der Waals surface area contributed by atoms with Gasteiger partial charge < -0.3 is 9.64 Å². The SMILES string of the molecule is O=C(C=Cc1cccc([N+](=O)[O-])c1)OCC(=O)N1CCc2ccccc2C1. The normalized spacial score (nSPS) is 13.3. The number of esters is 1. The van der Waals surface area contributed by atoms with Gasteiger partial charge in [-0.2, -0.15) is 0 Å². The minimum absolute atomic E-state index is 0.0638. The second kappa shape index (κ2) is 8.27. The number of hydrogen-bond donors (Lipinski definition) is 0. The van der Waals surface area contributed by atoms with Crippen LogP contribution in [0.25, 0.3) is 6.08 Å². The predicted octanol–water partition coefficient (Wildman–Crippen LogP) is 2.74. The van der Waals surface area contributed by atoms with Crippen LogP contribution in [0.4, 0.5) is 5.69 Å². The van der Waals surface area contributed by atoms with Gasteiger partial charge in [-0.05, 0) is 29.2 Å². The summed E-state index contributed by atoms with van der Waals surface area (Å²) in [4.78, 5) is 36.0. The number of hydrogen-bond acceptors (Lipinski definition) is 5. The molecular formula is C20H18N2O5. The lowest BCUT2D eigenvalue weighted by atomic mass is 10.00. The van der Waals surface area contributed by atoms with Crippen LogP contribution < -0.4 is 0 Å². The van der Waals surface area contributed by atoms with Crippen molar-refractivity contribution in [3.63, 3.8) is 0 Å². The average Bonchev–Trinajstić information content (AvgIpc) is 2.70. The Kier molecular flexibility index (Phi) is 5.61. The zero-order valence-electron chi connectivity index (χ0n) is 14.5. The molecule has 0 aromatic heterocycles. The molecule has 1 heterocycles. The smallest absolute Gasteiger partial charge is 0.331 e. The molecule has 1 amide bonds. The van der Waals surface area contributed by atoms with Gasteiger partial charge in [0.25, 0.3) is 11.6 Å². The first-order chi connectivity index (χ1) is 13.0. The van der Waals surface area contributed by atoms with E-state index in [9.17, 15) is 19.7 Å². The molecule has 0 bridgehead atoms. The molecule has 0 unspecified atom stereocenters. The number of fused-ring (bicyclic) bond motifs is 1. The molecule has 7 heteroatoms. The van der Waals surface area contributed by atoms with Crippen molar-refractivity contribution < 1.29 is 19.2 Å². The van der Waals surface area contributed by atoms with Gasteiger partial charge in [0.05, 0.1) is 4.92 Å². The van der Waals surface area contributed by atoms with Crippen LogP contribution in [0.3, 0.4) is 0 Å². The molecule has 0 N–H and O–H groups in total. The van der Waals surface area contributed by atoms with Gasteiger partial charge >= 0.3 is 5.97 Å². The van der Waals surface area contributed by atoms with Crippen molar-refractivity contribution in [1.82, 2.24) is 4.90 Å². The van der Waals surface area contributed by atoms with Crippen LogP contribution in [0.5, 0.6) is 0 Å². The maximum absolute atomic E-state index is 12.3. The maximum Gasteiger partial charge on any atom is 0.331 e. The molecule has 138 valence electrons.